The zero-order chi connectivity index (χ0) is 21.0. The lowest BCUT2D eigenvalue weighted by Gasteiger charge is -2.08. The molecule has 0 saturated carbocycles. The molecule has 0 atom stereocenters. The molecule has 150 valence electrons. The number of nitrogens with zero attached hydrogens (tertiary/aromatic N) is 2. The van der Waals surface area contributed by atoms with Gasteiger partial charge < -0.3 is 23.5 Å². The first-order chi connectivity index (χ1) is 14.1. The number of terminal acetylenes is 1. The highest BCUT2D eigenvalue weighted by molar-refractivity contribution is 7.16. The molecule has 0 aliphatic rings. The fourth-order valence-electron chi connectivity index (χ4n) is 2.91. The van der Waals surface area contributed by atoms with Crippen LogP contribution in [0.5, 0.6) is 23.0 Å². The van der Waals surface area contributed by atoms with E-state index in [4.69, 9.17) is 25.4 Å². The van der Waals surface area contributed by atoms with Crippen LogP contribution in [0.1, 0.15) is 10.4 Å². The molecule has 29 heavy (non-hydrogen) atoms. The van der Waals surface area contributed by atoms with Gasteiger partial charge in [-0.15, -0.1) is 6.42 Å². The summed E-state index contributed by atoms with van der Waals surface area (Å²) in [4.78, 5) is 17.7. The van der Waals surface area contributed by atoms with Crippen LogP contribution in [-0.2, 0) is 6.54 Å². The second kappa shape index (κ2) is 8.71. The highest BCUT2D eigenvalue weighted by atomic mass is 32.1. The van der Waals surface area contributed by atoms with E-state index in [-0.39, 0.29) is 12.1 Å². The number of ether oxygens (including phenoxy) is 4. The van der Waals surface area contributed by atoms with Crippen LogP contribution in [0.2, 0.25) is 0 Å². The van der Waals surface area contributed by atoms with E-state index in [0.717, 1.165) is 10.2 Å². The van der Waals surface area contributed by atoms with Crippen molar-refractivity contribution in [3.63, 3.8) is 0 Å². The maximum absolute atomic E-state index is 13.0. The molecule has 3 rings (SSSR count). The summed E-state index contributed by atoms with van der Waals surface area (Å²) in [6.45, 7) is 0.213. The van der Waals surface area contributed by atoms with Gasteiger partial charge in [0.1, 0.15) is 33.2 Å². The first kappa shape index (κ1) is 20.3. The van der Waals surface area contributed by atoms with Crippen molar-refractivity contribution in [1.29, 1.82) is 0 Å². The van der Waals surface area contributed by atoms with Crippen molar-refractivity contribution < 1.29 is 23.7 Å². The fraction of sp³-hybridized carbons (Fsp3) is 0.238. The van der Waals surface area contributed by atoms with Gasteiger partial charge >= 0.3 is 0 Å². The third kappa shape index (κ3) is 3.77. The normalized spacial score (nSPS) is 11.2. The van der Waals surface area contributed by atoms with Crippen LogP contribution in [0.25, 0.3) is 10.2 Å². The van der Waals surface area contributed by atoms with Crippen molar-refractivity contribution in [2.75, 3.05) is 28.4 Å². The zero-order valence-electron chi connectivity index (χ0n) is 16.5. The summed E-state index contributed by atoms with van der Waals surface area (Å²) in [5, 5.41) is 0. The van der Waals surface area contributed by atoms with Gasteiger partial charge in [-0.2, -0.15) is 4.99 Å². The Morgan fingerprint density at radius 2 is 1.69 bits per heavy atom. The summed E-state index contributed by atoms with van der Waals surface area (Å²) >= 11 is 1.29. The topological polar surface area (TPSA) is 71.3 Å². The Kier molecular flexibility index (Phi) is 6.10. The molecule has 0 fully saturated rings. The fourth-order valence-corrected chi connectivity index (χ4v) is 4.04. The van der Waals surface area contributed by atoms with E-state index in [9.17, 15) is 4.79 Å². The molecule has 1 heterocycles. The average Bonchev–Trinajstić information content (AvgIpc) is 3.10. The van der Waals surface area contributed by atoms with Gasteiger partial charge in [-0.1, -0.05) is 17.3 Å². The van der Waals surface area contributed by atoms with E-state index in [1.807, 2.05) is 0 Å². The van der Waals surface area contributed by atoms with Crippen molar-refractivity contribution in [2.24, 2.45) is 4.99 Å². The SMILES string of the molecule is C#CCn1c(=NC(=O)c2cc(OC)ccc2OC)sc2c(OC)ccc(OC)c21. The number of amides is 1. The Bertz CT molecular complexity index is 1170. The lowest BCUT2D eigenvalue weighted by Crippen LogP contribution is -2.17. The molecule has 1 amide bonds. The van der Waals surface area contributed by atoms with E-state index < -0.39 is 5.91 Å². The molecular formula is C21H20N2O5S. The number of fused-ring (bicyclic) bond motifs is 1. The molecule has 0 unspecified atom stereocenters. The summed E-state index contributed by atoms with van der Waals surface area (Å²) in [7, 11) is 6.17. The van der Waals surface area contributed by atoms with Crippen molar-refractivity contribution in [1.82, 2.24) is 4.57 Å². The lowest BCUT2D eigenvalue weighted by molar-refractivity contribution is 0.0994. The maximum atomic E-state index is 13.0. The maximum Gasteiger partial charge on any atom is 0.283 e. The zero-order valence-corrected chi connectivity index (χ0v) is 17.3. The molecule has 7 nitrogen and oxygen atoms in total. The van der Waals surface area contributed by atoms with Gasteiger partial charge in [0.25, 0.3) is 5.91 Å². The summed E-state index contributed by atoms with van der Waals surface area (Å²) in [6.07, 6.45) is 5.57. The van der Waals surface area contributed by atoms with Gasteiger partial charge in [-0.05, 0) is 30.3 Å². The molecule has 8 heteroatoms. The highest BCUT2D eigenvalue weighted by Gasteiger charge is 2.18. The van der Waals surface area contributed by atoms with E-state index in [1.165, 1.54) is 25.6 Å². The van der Waals surface area contributed by atoms with Crippen molar-refractivity contribution in [3.8, 4) is 35.3 Å². The molecular weight excluding hydrogens is 392 g/mol. The largest absolute Gasteiger partial charge is 0.497 e. The number of hydrogen-bond donors (Lipinski definition) is 0. The molecule has 0 bridgehead atoms. The van der Waals surface area contributed by atoms with Crippen LogP contribution >= 0.6 is 11.3 Å². The van der Waals surface area contributed by atoms with Gasteiger partial charge in [0.05, 0.1) is 40.5 Å². The summed E-state index contributed by atoms with van der Waals surface area (Å²) in [5.41, 5.74) is 1.01. The minimum atomic E-state index is -0.476. The summed E-state index contributed by atoms with van der Waals surface area (Å²) < 4.78 is 24.0. The Balaban J connectivity index is 2.27. The molecule has 0 radical (unpaired) electrons. The number of rotatable bonds is 6. The molecule has 0 aliphatic heterocycles. The number of thiazole rings is 1. The molecule has 0 saturated heterocycles. The molecule has 0 spiro atoms. The van der Waals surface area contributed by atoms with Crippen molar-refractivity contribution >= 4 is 27.5 Å². The van der Waals surface area contributed by atoms with Crippen molar-refractivity contribution in [2.45, 2.75) is 6.54 Å². The second-order valence-electron chi connectivity index (χ2n) is 5.81. The standard InChI is InChI=1S/C21H20N2O5S/c1-6-11-23-18-16(27-4)9-10-17(28-5)19(18)29-21(23)22-20(24)14-12-13(25-2)7-8-15(14)26-3/h1,7-10,12H,11H2,2-5H3. The Labute approximate surface area is 172 Å². The monoisotopic (exact) mass is 412 g/mol. The Morgan fingerprint density at radius 1 is 1.03 bits per heavy atom. The minimum absolute atomic E-state index is 0.213. The molecule has 3 aromatic rings. The molecule has 0 N–H and O–H groups in total. The number of carbonyl (C=O) groups excluding carboxylic acids is 1. The van der Waals surface area contributed by atoms with Crippen LogP contribution in [0, 0.1) is 12.3 Å². The van der Waals surface area contributed by atoms with E-state index >= 15 is 0 Å². The van der Waals surface area contributed by atoms with Crippen LogP contribution in [0.4, 0.5) is 0 Å². The lowest BCUT2D eigenvalue weighted by atomic mass is 10.2. The first-order valence-electron chi connectivity index (χ1n) is 8.56. The van der Waals surface area contributed by atoms with E-state index in [2.05, 4.69) is 10.9 Å². The average molecular weight is 412 g/mol. The van der Waals surface area contributed by atoms with Gasteiger partial charge in [0.15, 0.2) is 4.80 Å². The number of carbonyl (C=O) groups is 1. The van der Waals surface area contributed by atoms with Crippen LogP contribution < -0.4 is 23.7 Å². The number of benzene rings is 2. The smallest absolute Gasteiger partial charge is 0.283 e. The molecule has 2 aromatic carbocycles. The number of aromatic nitrogens is 1. The van der Waals surface area contributed by atoms with Crippen LogP contribution in [0.15, 0.2) is 35.3 Å². The Hall–Kier alpha value is -3.44. The quantitative estimate of drug-likeness (QED) is 0.582. The highest BCUT2D eigenvalue weighted by Crippen LogP contribution is 2.35. The van der Waals surface area contributed by atoms with Crippen molar-refractivity contribution in [3.05, 3.63) is 40.7 Å². The predicted octanol–water partition coefficient (Wildman–Crippen LogP) is 3.11. The van der Waals surface area contributed by atoms with Gasteiger partial charge in [-0.3, -0.25) is 4.79 Å². The van der Waals surface area contributed by atoms with Gasteiger partial charge in [0.2, 0.25) is 0 Å². The van der Waals surface area contributed by atoms with Crippen LogP contribution in [0.3, 0.4) is 0 Å². The minimum Gasteiger partial charge on any atom is -0.497 e. The predicted molar refractivity (Wildman–Crippen MR) is 111 cm³/mol. The third-order valence-electron chi connectivity index (χ3n) is 4.28. The van der Waals surface area contributed by atoms with Gasteiger partial charge in [0, 0.05) is 0 Å². The Morgan fingerprint density at radius 3 is 2.31 bits per heavy atom. The van der Waals surface area contributed by atoms with Gasteiger partial charge in [-0.25, -0.2) is 0 Å². The third-order valence-corrected chi connectivity index (χ3v) is 5.37. The van der Waals surface area contributed by atoms with E-state index in [0.29, 0.717) is 27.8 Å². The number of methoxy groups -OCH3 is 4. The first-order valence-corrected chi connectivity index (χ1v) is 9.38. The second-order valence-corrected chi connectivity index (χ2v) is 6.78. The summed E-state index contributed by atoms with van der Waals surface area (Å²) in [6, 6.07) is 8.55. The molecule has 1 aromatic heterocycles. The molecule has 0 aliphatic carbocycles. The van der Waals surface area contributed by atoms with Crippen LogP contribution in [-0.4, -0.2) is 38.9 Å². The van der Waals surface area contributed by atoms with E-state index in [1.54, 1.807) is 49.1 Å². The number of hydrogen-bond acceptors (Lipinski definition) is 6. The summed E-state index contributed by atoms with van der Waals surface area (Å²) in [5.74, 6) is 4.31.